The highest BCUT2D eigenvalue weighted by Gasteiger charge is 2.73. The minimum Gasteiger partial charge on any atom is -0.396 e. The van der Waals surface area contributed by atoms with Gasteiger partial charge < -0.3 is 25.5 Å². The minimum absolute atomic E-state index is 0.0440. The van der Waals surface area contributed by atoms with Gasteiger partial charge in [-0.2, -0.15) is 0 Å². The number of hydrogen-bond donors (Lipinski definition) is 5. The van der Waals surface area contributed by atoms with Crippen LogP contribution in [0.2, 0.25) is 0 Å². The van der Waals surface area contributed by atoms with Crippen LogP contribution < -0.4 is 0 Å². The molecule has 0 unspecified atom stereocenters. The predicted molar refractivity (Wildman–Crippen MR) is 136 cm³/mol. The van der Waals surface area contributed by atoms with Crippen molar-refractivity contribution in [3.63, 3.8) is 0 Å². The molecule has 4 fully saturated rings. The minimum atomic E-state index is -1.18. The van der Waals surface area contributed by atoms with E-state index >= 15 is 0 Å². The Kier molecular flexibility index (Phi) is 5.65. The van der Waals surface area contributed by atoms with Gasteiger partial charge in [-0.1, -0.05) is 60.1 Å². The van der Waals surface area contributed by atoms with Gasteiger partial charge in [0.05, 0.1) is 36.4 Å². The molecule has 5 aliphatic carbocycles. The molecule has 4 saturated carbocycles. The molecule has 0 heterocycles. The van der Waals surface area contributed by atoms with E-state index in [1.807, 2.05) is 0 Å². The summed E-state index contributed by atoms with van der Waals surface area (Å²) in [5.41, 5.74) is -1.05. The highest BCUT2D eigenvalue weighted by Crippen LogP contribution is 2.75. The van der Waals surface area contributed by atoms with Crippen LogP contribution in [0.15, 0.2) is 11.6 Å². The lowest BCUT2D eigenvalue weighted by molar-refractivity contribution is -0.272. The van der Waals surface area contributed by atoms with Gasteiger partial charge in [0.1, 0.15) is 0 Å². The molecule has 0 aliphatic heterocycles. The first kappa shape index (κ1) is 26.2. The summed E-state index contributed by atoms with van der Waals surface area (Å²) in [6, 6.07) is 0. The van der Waals surface area contributed by atoms with Crippen LogP contribution >= 0.6 is 0 Å². The van der Waals surface area contributed by atoms with Gasteiger partial charge in [-0.15, -0.1) is 0 Å². The zero-order valence-electron chi connectivity index (χ0n) is 23.0. The Morgan fingerprint density at radius 1 is 0.800 bits per heavy atom. The lowest BCUT2D eigenvalue weighted by Gasteiger charge is -2.73. The van der Waals surface area contributed by atoms with Crippen molar-refractivity contribution in [2.45, 2.75) is 118 Å². The van der Waals surface area contributed by atoms with Gasteiger partial charge in [0.25, 0.3) is 0 Å². The quantitative estimate of drug-likeness (QED) is 0.357. The van der Waals surface area contributed by atoms with Gasteiger partial charge in [0, 0.05) is 5.41 Å². The molecule has 5 aliphatic rings. The molecule has 5 nitrogen and oxygen atoms in total. The molecule has 0 aromatic rings. The van der Waals surface area contributed by atoms with Crippen LogP contribution in [0.4, 0.5) is 0 Å². The van der Waals surface area contributed by atoms with Gasteiger partial charge >= 0.3 is 0 Å². The first-order chi connectivity index (χ1) is 16.0. The Morgan fingerprint density at radius 2 is 1.46 bits per heavy atom. The largest absolute Gasteiger partial charge is 0.396 e. The number of hydrogen-bond acceptors (Lipinski definition) is 5. The number of allylic oxidation sites excluding steroid dienone is 1. The van der Waals surface area contributed by atoms with Gasteiger partial charge in [-0.25, -0.2) is 0 Å². The smallest absolute Gasteiger partial charge is 0.0916 e. The fourth-order valence-corrected chi connectivity index (χ4v) is 11.0. The van der Waals surface area contributed by atoms with E-state index in [2.05, 4.69) is 54.5 Å². The van der Waals surface area contributed by atoms with Crippen molar-refractivity contribution in [2.24, 2.45) is 50.2 Å². The van der Waals surface area contributed by atoms with E-state index in [4.69, 9.17) is 0 Å². The van der Waals surface area contributed by atoms with Crippen LogP contribution in [0.25, 0.3) is 0 Å². The summed E-state index contributed by atoms with van der Waals surface area (Å²) in [7, 11) is 0. The molecule has 5 heteroatoms. The monoisotopic (exact) mass is 490 g/mol. The second-order valence-corrected chi connectivity index (χ2v) is 15.3. The third kappa shape index (κ3) is 2.94. The van der Waals surface area contributed by atoms with Crippen LogP contribution in [-0.4, -0.2) is 56.6 Å². The van der Waals surface area contributed by atoms with Crippen LogP contribution in [0, 0.1) is 50.2 Å². The molecule has 0 amide bonds. The maximum absolute atomic E-state index is 12.0. The van der Waals surface area contributed by atoms with E-state index in [-0.39, 0.29) is 40.3 Å². The summed E-state index contributed by atoms with van der Waals surface area (Å²) in [5, 5.41) is 56.7. The molecule has 0 bridgehead atoms. The molecule has 0 saturated heterocycles. The number of aliphatic hydroxyl groups excluding tert-OH is 5. The summed E-state index contributed by atoms with van der Waals surface area (Å²) < 4.78 is 0. The first-order valence-corrected chi connectivity index (χ1v) is 14.1. The average molecular weight is 491 g/mol. The van der Waals surface area contributed by atoms with E-state index in [0.717, 1.165) is 44.1 Å². The lowest BCUT2D eigenvalue weighted by Crippen LogP contribution is -2.74. The fraction of sp³-hybridized carbons (Fsp3) is 0.933. The van der Waals surface area contributed by atoms with Gasteiger partial charge in [-0.3, -0.25) is 0 Å². The maximum atomic E-state index is 12.0. The van der Waals surface area contributed by atoms with E-state index in [1.54, 1.807) is 0 Å². The van der Waals surface area contributed by atoms with Crippen molar-refractivity contribution in [3.8, 4) is 0 Å². The third-order valence-corrected chi connectivity index (χ3v) is 13.2. The Balaban J connectivity index is 1.66. The molecule has 5 N–H and O–H groups in total. The number of aliphatic hydroxyl groups is 5. The van der Waals surface area contributed by atoms with E-state index in [9.17, 15) is 25.5 Å². The number of fused-ring (bicyclic) bond motifs is 7. The zero-order valence-corrected chi connectivity index (χ0v) is 23.0. The second-order valence-electron chi connectivity index (χ2n) is 15.3. The van der Waals surface area contributed by atoms with Gasteiger partial charge in [-0.05, 0) is 84.4 Å². The molecule has 200 valence electrons. The van der Waals surface area contributed by atoms with E-state index in [0.29, 0.717) is 18.3 Å². The fourth-order valence-electron chi connectivity index (χ4n) is 11.0. The average Bonchev–Trinajstić information content (AvgIpc) is 2.75. The standard InChI is InChI=1S/C30H50O5/c1-25(2)14-18-17-8-9-20-27(5)12-11-21(32)26(3,4)19(27)10-13-28(20,6)29(17,7)23(34)24(35)30(18,16-31)22(33)15-25/h8,18-24,31-35H,9-16H2,1-7H3/t18-,19+,20-,21+,22+,23+,24-,27+,28-,29+,30-/m1/s1. The molecular weight excluding hydrogens is 440 g/mol. The highest BCUT2D eigenvalue weighted by molar-refractivity contribution is 5.38. The molecule has 0 aromatic heterocycles. The van der Waals surface area contributed by atoms with Crippen molar-refractivity contribution in [1.82, 2.24) is 0 Å². The van der Waals surface area contributed by atoms with Crippen LogP contribution in [0.1, 0.15) is 93.4 Å². The summed E-state index contributed by atoms with van der Waals surface area (Å²) in [5.74, 6) is 0.579. The maximum Gasteiger partial charge on any atom is 0.0916 e. The Morgan fingerprint density at radius 3 is 2.09 bits per heavy atom. The molecule has 5 rings (SSSR count). The molecular formula is C30H50O5. The summed E-state index contributed by atoms with van der Waals surface area (Å²) in [6.45, 7) is 15.4. The van der Waals surface area contributed by atoms with Crippen molar-refractivity contribution < 1.29 is 25.5 Å². The molecule has 35 heavy (non-hydrogen) atoms. The normalized spacial score (nSPS) is 56.7. The summed E-state index contributed by atoms with van der Waals surface area (Å²) >= 11 is 0. The topological polar surface area (TPSA) is 101 Å². The zero-order chi connectivity index (χ0) is 26.0. The molecule has 0 aromatic carbocycles. The van der Waals surface area contributed by atoms with Crippen LogP contribution in [0.5, 0.6) is 0 Å². The third-order valence-electron chi connectivity index (χ3n) is 13.2. The number of rotatable bonds is 1. The van der Waals surface area contributed by atoms with Crippen molar-refractivity contribution in [1.29, 1.82) is 0 Å². The Hall–Kier alpha value is -0.460. The van der Waals surface area contributed by atoms with E-state index in [1.165, 1.54) is 0 Å². The molecule has 0 radical (unpaired) electrons. The van der Waals surface area contributed by atoms with Crippen molar-refractivity contribution >= 4 is 0 Å². The first-order valence-electron chi connectivity index (χ1n) is 14.1. The van der Waals surface area contributed by atoms with E-state index < -0.39 is 29.1 Å². The summed E-state index contributed by atoms with van der Waals surface area (Å²) in [4.78, 5) is 0. The van der Waals surface area contributed by atoms with Crippen molar-refractivity contribution in [2.75, 3.05) is 6.61 Å². The second kappa shape index (κ2) is 7.56. The van der Waals surface area contributed by atoms with Crippen molar-refractivity contribution in [3.05, 3.63) is 11.6 Å². The van der Waals surface area contributed by atoms with Gasteiger partial charge in [0.2, 0.25) is 0 Å². The Labute approximate surface area is 212 Å². The lowest BCUT2D eigenvalue weighted by atomic mass is 9.32. The Bertz CT molecular complexity index is 910. The van der Waals surface area contributed by atoms with Crippen LogP contribution in [0.3, 0.4) is 0 Å². The molecule has 11 atom stereocenters. The molecule has 0 spiro atoms. The summed E-state index contributed by atoms with van der Waals surface area (Å²) in [6.07, 6.45) is 4.90. The highest BCUT2D eigenvalue weighted by atomic mass is 16.3. The van der Waals surface area contributed by atoms with Crippen LogP contribution in [-0.2, 0) is 0 Å². The van der Waals surface area contributed by atoms with Gasteiger partial charge in [0.15, 0.2) is 0 Å². The predicted octanol–water partition coefficient (Wildman–Crippen LogP) is 4.05. The SMILES string of the molecule is CC1(C)C[C@@H]2C3=CC[C@@H]4[C@@]5(C)CC[C@H](O)C(C)(C)[C@@H]5CC[C@@]4(C)[C@]3(C)[C@@H](O)[C@@H](O)[C@@]2(CO)[C@@H](O)C1.